The van der Waals surface area contributed by atoms with Gasteiger partial charge < -0.3 is 0 Å². The average Bonchev–Trinajstić information content (AvgIpc) is 2.47. The molecule has 3 rings (SSSR count). The van der Waals surface area contributed by atoms with Crippen molar-refractivity contribution in [3.8, 4) is 0 Å². The van der Waals surface area contributed by atoms with E-state index in [1.54, 1.807) is 12.4 Å². The lowest BCUT2D eigenvalue weighted by Crippen LogP contribution is -2.10. The van der Waals surface area contributed by atoms with Crippen molar-refractivity contribution in [2.45, 2.75) is 36.4 Å². The lowest BCUT2D eigenvalue weighted by atomic mass is 9.86. The van der Waals surface area contributed by atoms with E-state index in [4.69, 9.17) is 0 Å². The molecule has 0 amide bonds. The SMILES string of the molecule is CC(C)(C)c1ccc2ccnc(Sc3ncccn3)c2c1. The summed E-state index contributed by atoms with van der Waals surface area (Å²) in [4.78, 5) is 13.0. The van der Waals surface area contributed by atoms with Gasteiger partial charge in [-0.15, -0.1) is 0 Å². The van der Waals surface area contributed by atoms with E-state index in [0.717, 1.165) is 15.6 Å². The fourth-order valence-electron chi connectivity index (χ4n) is 2.11. The van der Waals surface area contributed by atoms with Gasteiger partial charge in [-0.1, -0.05) is 32.9 Å². The van der Waals surface area contributed by atoms with Gasteiger partial charge in [-0.2, -0.15) is 0 Å². The first-order chi connectivity index (χ1) is 10.0. The minimum Gasteiger partial charge on any atom is -0.249 e. The topological polar surface area (TPSA) is 38.7 Å². The lowest BCUT2D eigenvalue weighted by Gasteiger charge is -2.19. The highest BCUT2D eigenvalue weighted by Gasteiger charge is 2.15. The minimum atomic E-state index is 0.120. The first-order valence-corrected chi connectivity index (χ1v) is 7.70. The molecule has 0 aliphatic carbocycles. The van der Waals surface area contributed by atoms with Crippen LogP contribution in [0.25, 0.3) is 10.8 Å². The third kappa shape index (κ3) is 3.05. The van der Waals surface area contributed by atoms with Gasteiger partial charge in [0.2, 0.25) is 0 Å². The van der Waals surface area contributed by atoms with Crippen LogP contribution in [0.4, 0.5) is 0 Å². The number of benzene rings is 1. The maximum atomic E-state index is 4.51. The monoisotopic (exact) mass is 295 g/mol. The van der Waals surface area contributed by atoms with Gasteiger partial charge in [0.25, 0.3) is 0 Å². The molecule has 3 aromatic rings. The molecule has 3 nitrogen and oxygen atoms in total. The number of pyridine rings is 1. The number of hydrogen-bond donors (Lipinski definition) is 0. The first kappa shape index (κ1) is 14.0. The molecule has 0 aliphatic rings. The number of nitrogens with zero attached hydrogens (tertiary/aromatic N) is 3. The Morgan fingerprint density at radius 1 is 0.905 bits per heavy atom. The maximum absolute atomic E-state index is 4.51. The summed E-state index contributed by atoms with van der Waals surface area (Å²) >= 11 is 1.50. The number of hydrogen-bond acceptors (Lipinski definition) is 4. The van der Waals surface area contributed by atoms with Crippen molar-refractivity contribution in [1.82, 2.24) is 15.0 Å². The summed E-state index contributed by atoms with van der Waals surface area (Å²) < 4.78 is 0. The fourth-order valence-corrected chi connectivity index (χ4v) is 2.91. The zero-order valence-corrected chi connectivity index (χ0v) is 13.2. The molecule has 0 spiro atoms. The predicted molar refractivity (Wildman–Crippen MR) is 86.6 cm³/mol. The Kier molecular flexibility index (Phi) is 3.64. The Balaban J connectivity index is 2.10. The number of aromatic nitrogens is 3. The van der Waals surface area contributed by atoms with Crippen LogP contribution < -0.4 is 0 Å². The molecule has 21 heavy (non-hydrogen) atoms. The molecule has 0 radical (unpaired) electrons. The molecular formula is C17H17N3S. The van der Waals surface area contributed by atoms with Gasteiger partial charge in [0.05, 0.1) is 0 Å². The highest BCUT2D eigenvalue weighted by atomic mass is 32.2. The van der Waals surface area contributed by atoms with Gasteiger partial charge in [-0.05, 0) is 46.3 Å². The molecular weight excluding hydrogens is 278 g/mol. The van der Waals surface area contributed by atoms with Crippen molar-refractivity contribution in [2.24, 2.45) is 0 Å². The summed E-state index contributed by atoms with van der Waals surface area (Å²) in [7, 11) is 0. The zero-order valence-electron chi connectivity index (χ0n) is 12.4. The second kappa shape index (κ2) is 5.45. The third-order valence-electron chi connectivity index (χ3n) is 3.33. The highest BCUT2D eigenvalue weighted by Crippen LogP contribution is 2.32. The second-order valence-electron chi connectivity index (χ2n) is 5.94. The summed E-state index contributed by atoms with van der Waals surface area (Å²) in [5.74, 6) is 0. The molecule has 0 bridgehead atoms. The smallest absolute Gasteiger partial charge is 0.193 e. The van der Waals surface area contributed by atoms with Crippen LogP contribution in [-0.2, 0) is 5.41 Å². The van der Waals surface area contributed by atoms with E-state index in [1.165, 1.54) is 22.7 Å². The average molecular weight is 295 g/mol. The normalized spacial score (nSPS) is 11.8. The largest absolute Gasteiger partial charge is 0.249 e. The van der Waals surface area contributed by atoms with Gasteiger partial charge in [-0.3, -0.25) is 0 Å². The molecule has 2 aromatic heterocycles. The molecule has 0 aliphatic heterocycles. The second-order valence-corrected chi connectivity index (χ2v) is 6.89. The van der Waals surface area contributed by atoms with Gasteiger partial charge in [0, 0.05) is 24.0 Å². The van der Waals surface area contributed by atoms with E-state index < -0.39 is 0 Å². The molecule has 106 valence electrons. The van der Waals surface area contributed by atoms with Crippen LogP contribution in [0, 0.1) is 0 Å². The molecule has 0 N–H and O–H groups in total. The Morgan fingerprint density at radius 3 is 2.38 bits per heavy atom. The van der Waals surface area contributed by atoms with Gasteiger partial charge >= 0.3 is 0 Å². The first-order valence-electron chi connectivity index (χ1n) is 6.88. The maximum Gasteiger partial charge on any atom is 0.193 e. The molecule has 1 aromatic carbocycles. The van der Waals surface area contributed by atoms with Crippen LogP contribution in [0.1, 0.15) is 26.3 Å². The summed E-state index contributed by atoms with van der Waals surface area (Å²) in [6, 6.07) is 10.4. The van der Waals surface area contributed by atoms with E-state index >= 15 is 0 Å². The van der Waals surface area contributed by atoms with Crippen LogP contribution in [0.3, 0.4) is 0 Å². The minimum absolute atomic E-state index is 0.120. The highest BCUT2D eigenvalue weighted by molar-refractivity contribution is 7.99. The van der Waals surface area contributed by atoms with E-state index in [1.807, 2.05) is 18.3 Å². The third-order valence-corrected chi connectivity index (χ3v) is 4.24. The van der Waals surface area contributed by atoms with Crippen molar-refractivity contribution in [1.29, 1.82) is 0 Å². The number of rotatable bonds is 2. The van der Waals surface area contributed by atoms with E-state index in [-0.39, 0.29) is 5.41 Å². The number of fused-ring (bicyclic) bond motifs is 1. The van der Waals surface area contributed by atoms with Crippen molar-refractivity contribution >= 4 is 22.5 Å². The van der Waals surface area contributed by atoms with Gasteiger partial charge in [0.1, 0.15) is 5.03 Å². The summed E-state index contributed by atoms with van der Waals surface area (Å²) in [6.45, 7) is 6.66. The van der Waals surface area contributed by atoms with Crippen molar-refractivity contribution in [2.75, 3.05) is 0 Å². The van der Waals surface area contributed by atoms with Crippen LogP contribution in [0.2, 0.25) is 0 Å². The fraction of sp³-hybridized carbons (Fsp3) is 0.235. The Bertz CT molecular complexity index is 764. The van der Waals surface area contributed by atoms with E-state index in [9.17, 15) is 0 Å². The molecule has 0 saturated heterocycles. The van der Waals surface area contributed by atoms with Crippen LogP contribution >= 0.6 is 11.8 Å². The van der Waals surface area contributed by atoms with Crippen molar-refractivity contribution in [3.05, 3.63) is 54.5 Å². The predicted octanol–water partition coefficient (Wildman–Crippen LogP) is 4.47. The summed E-state index contributed by atoms with van der Waals surface area (Å²) in [6.07, 6.45) is 5.34. The molecule has 0 fully saturated rings. The summed E-state index contributed by atoms with van der Waals surface area (Å²) in [5, 5.41) is 4.02. The van der Waals surface area contributed by atoms with Crippen LogP contribution in [0.15, 0.2) is 59.1 Å². The van der Waals surface area contributed by atoms with Crippen molar-refractivity contribution in [3.63, 3.8) is 0 Å². The summed E-state index contributed by atoms with van der Waals surface area (Å²) in [5.41, 5.74) is 1.42. The Hall–Kier alpha value is -1.94. The molecule has 0 atom stereocenters. The van der Waals surface area contributed by atoms with Gasteiger partial charge in [-0.25, -0.2) is 15.0 Å². The molecule has 0 unspecified atom stereocenters. The lowest BCUT2D eigenvalue weighted by molar-refractivity contribution is 0.591. The van der Waals surface area contributed by atoms with Crippen LogP contribution in [0.5, 0.6) is 0 Å². The quantitative estimate of drug-likeness (QED) is 0.654. The van der Waals surface area contributed by atoms with E-state index in [0.29, 0.717) is 0 Å². The standard InChI is InChI=1S/C17H17N3S/c1-17(2,3)13-6-5-12-7-10-18-15(14(12)11-13)21-16-19-8-4-9-20-16/h4-11H,1-3H3. The molecule has 2 heterocycles. The molecule has 0 saturated carbocycles. The van der Waals surface area contributed by atoms with Crippen molar-refractivity contribution < 1.29 is 0 Å². The van der Waals surface area contributed by atoms with Crippen LogP contribution in [-0.4, -0.2) is 15.0 Å². The molecule has 4 heteroatoms. The Morgan fingerprint density at radius 2 is 1.67 bits per heavy atom. The Labute approximate surface area is 128 Å². The zero-order chi connectivity index (χ0) is 14.9. The van der Waals surface area contributed by atoms with Gasteiger partial charge in [0.15, 0.2) is 5.16 Å². The van der Waals surface area contributed by atoms with E-state index in [2.05, 4.69) is 53.9 Å².